The highest BCUT2D eigenvalue weighted by Crippen LogP contribution is 2.39. The van der Waals surface area contributed by atoms with Crippen molar-refractivity contribution in [1.82, 2.24) is 10.2 Å². The largest absolute Gasteiger partial charge is 0.353 e. The molecule has 1 saturated carbocycles. The van der Waals surface area contributed by atoms with Crippen molar-refractivity contribution in [3.63, 3.8) is 0 Å². The molecule has 5 nitrogen and oxygen atoms in total. The lowest BCUT2D eigenvalue weighted by Crippen LogP contribution is -2.59. The molecule has 1 heterocycles. The monoisotopic (exact) mass is 239 g/mol. The van der Waals surface area contributed by atoms with E-state index in [1.165, 1.54) is 0 Å². The maximum Gasteiger partial charge on any atom is 0.242 e. The van der Waals surface area contributed by atoms with Crippen molar-refractivity contribution in [2.75, 3.05) is 19.6 Å². The summed E-state index contributed by atoms with van der Waals surface area (Å²) in [5.74, 6) is 0.0228. The molecule has 0 aromatic heterocycles. The number of hydrogen-bond donors (Lipinski definition) is 2. The molecule has 17 heavy (non-hydrogen) atoms. The van der Waals surface area contributed by atoms with Gasteiger partial charge in [0.05, 0.1) is 5.41 Å². The molecule has 0 bridgehead atoms. The highest BCUT2D eigenvalue weighted by molar-refractivity contribution is 5.91. The van der Waals surface area contributed by atoms with Gasteiger partial charge < -0.3 is 16.0 Å². The molecule has 2 rings (SSSR count). The predicted octanol–water partition coefficient (Wildman–Crippen LogP) is -0.148. The molecule has 0 aromatic carbocycles. The van der Waals surface area contributed by atoms with E-state index in [2.05, 4.69) is 5.32 Å². The Morgan fingerprint density at radius 3 is 2.76 bits per heavy atom. The second kappa shape index (κ2) is 4.64. The van der Waals surface area contributed by atoms with E-state index in [-0.39, 0.29) is 17.9 Å². The van der Waals surface area contributed by atoms with E-state index in [1.54, 1.807) is 11.8 Å². The molecular weight excluding hydrogens is 218 g/mol. The molecule has 1 atom stereocenters. The standard InChI is InChI=1S/C12H21N3O2/c1-9-10(16)14-6-7-15(9)11(17)12(8-13)4-2-3-5-12/h9H,2-8,13H2,1H3,(H,14,16). The van der Waals surface area contributed by atoms with E-state index < -0.39 is 5.41 Å². The van der Waals surface area contributed by atoms with Crippen LogP contribution in [0.5, 0.6) is 0 Å². The van der Waals surface area contributed by atoms with E-state index in [9.17, 15) is 9.59 Å². The summed E-state index contributed by atoms with van der Waals surface area (Å²) >= 11 is 0. The second-order valence-corrected chi connectivity index (χ2v) is 5.16. The van der Waals surface area contributed by atoms with Crippen LogP contribution < -0.4 is 11.1 Å². The van der Waals surface area contributed by atoms with Gasteiger partial charge in [0.15, 0.2) is 0 Å². The van der Waals surface area contributed by atoms with Gasteiger partial charge in [0.2, 0.25) is 11.8 Å². The van der Waals surface area contributed by atoms with Gasteiger partial charge >= 0.3 is 0 Å². The molecule has 3 N–H and O–H groups in total. The van der Waals surface area contributed by atoms with Crippen molar-refractivity contribution < 1.29 is 9.59 Å². The summed E-state index contributed by atoms with van der Waals surface area (Å²) in [7, 11) is 0. The summed E-state index contributed by atoms with van der Waals surface area (Å²) in [6.45, 7) is 3.34. The molecule has 2 amide bonds. The molecule has 1 aliphatic carbocycles. The van der Waals surface area contributed by atoms with Crippen molar-refractivity contribution in [3.05, 3.63) is 0 Å². The third kappa shape index (κ3) is 2.04. The average Bonchev–Trinajstić information content (AvgIpc) is 2.82. The SMILES string of the molecule is CC1C(=O)NCCN1C(=O)C1(CN)CCCC1. The molecule has 96 valence electrons. The zero-order valence-electron chi connectivity index (χ0n) is 10.4. The lowest BCUT2D eigenvalue weighted by Gasteiger charge is -2.39. The lowest BCUT2D eigenvalue weighted by atomic mass is 9.84. The Morgan fingerprint density at radius 1 is 1.53 bits per heavy atom. The van der Waals surface area contributed by atoms with E-state index >= 15 is 0 Å². The first kappa shape index (κ1) is 12.4. The maximum absolute atomic E-state index is 12.6. The average molecular weight is 239 g/mol. The van der Waals surface area contributed by atoms with Crippen LogP contribution in [0, 0.1) is 5.41 Å². The van der Waals surface area contributed by atoms with Gasteiger partial charge in [-0.2, -0.15) is 0 Å². The molecule has 2 aliphatic rings. The molecule has 0 spiro atoms. The Hall–Kier alpha value is -1.10. The van der Waals surface area contributed by atoms with Crippen LogP contribution >= 0.6 is 0 Å². The number of rotatable bonds is 2. The fraction of sp³-hybridized carbons (Fsp3) is 0.833. The second-order valence-electron chi connectivity index (χ2n) is 5.16. The molecular formula is C12H21N3O2. The molecule has 2 fully saturated rings. The van der Waals surface area contributed by atoms with Gasteiger partial charge in [-0.15, -0.1) is 0 Å². The molecule has 0 aromatic rings. The van der Waals surface area contributed by atoms with E-state index in [1.807, 2.05) is 0 Å². The van der Waals surface area contributed by atoms with Crippen LogP contribution in [0.25, 0.3) is 0 Å². The fourth-order valence-electron chi connectivity index (χ4n) is 2.92. The van der Waals surface area contributed by atoms with E-state index in [0.29, 0.717) is 19.6 Å². The first-order valence-electron chi connectivity index (χ1n) is 6.39. The Labute approximate surface area is 102 Å². The number of nitrogens with one attached hydrogen (secondary N) is 1. The smallest absolute Gasteiger partial charge is 0.242 e. The number of nitrogens with two attached hydrogens (primary N) is 1. The number of hydrogen-bond acceptors (Lipinski definition) is 3. The van der Waals surface area contributed by atoms with Gasteiger partial charge in [-0.1, -0.05) is 12.8 Å². The zero-order chi connectivity index (χ0) is 12.5. The first-order chi connectivity index (χ1) is 8.10. The Morgan fingerprint density at radius 2 is 2.18 bits per heavy atom. The quantitative estimate of drug-likeness (QED) is 0.704. The minimum absolute atomic E-state index is 0.0604. The van der Waals surface area contributed by atoms with Crippen molar-refractivity contribution in [2.24, 2.45) is 11.1 Å². The summed E-state index contributed by atoms with van der Waals surface area (Å²) < 4.78 is 0. The van der Waals surface area contributed by atoms with Gasteiger partial charge in [0, 0.05) is 19.6 Å². The minimum atomic E-state index is -0.397. The van der Waals surface area contributed by atoms with Crippen molar-refractivity contribution >= 4 is 11.8 Å². The third-order valence-corrected chi connectivity index (χ3v) is 4.16. The highest BCUT2D eigenvalue weighted by Gasteiger charge is 2.44. The van der Waals surface area contributed by atoms with Crippen LogP contribution in [0.2, 0.25) is 0 Å². The van der Waals surface area contributed by atoms with Gasteiger partial charge in [-0.3, -0.25) is 9.59 Å². The van der Waals surface area contributed by atoms with Crippen LogP contribution in [0.15, 0.2) is 0 Å². The van der Waals surface area contributed by atoms with Crippen molar-refractivity contribution in [3.8, 4) is 0 Å². The Bertz CT molecular complexity index is 324. The summed E-state index contributed by atoms with van der Waals surface area (Å²) in [4.78, 5) is 25.9. The normalized spacial score (nSPS) is 28.0. The Balaban J connectivity index is 2.15. The van der Waals surface area contributed by atoms with Crippen LogP contribution in [0.4, 0.5) is 0 Å². The lowest BCUT2D eigenvalue weighted by molar-refractivity contribution is -0.150. The van der Waals surface area contributed by atoms with Gasteiger partial charge in [0.1, 0.15) is 6.04 Å². The van der Waals surface area contributed by atoms with E-state index in [4.69, 9.17) is 5.73 Å². The van der Waals surface area contributed by atoms with E-state index in [0.717, 1.165) is 25.7 Å². The van der Waals surface area contributed by atoms with Gasteiger partial charge in [-0.25, -0.2) is 0 Å². The van der Waals surface area contributed by atoms with Crippen molar-refractivity contribution in [2.45, 2.75) is 38.6 Å². The molecule has 1 unspecified atom stereocenters. The highest BCUT2D eigenvalue weighted by atomic mass is 16.2. The molecule has 0 radical (unpaired) electrons. The van der Waals surface area contributed by atoms with Crippen LogP contribution in [0.1, 0.15) is 32.6 Å². The summed E-state index contributed by atoms with van der Waals surface area (Å²) in [6, 6.07) is -0.361. The summed E-state index contributed by atoms with van der Waals surface area (Å²) in [5.41, 5.74) is 5.41. The topological polar surface area (TPSA) is 75.4 Å². The number of amides is 2. The Kier molecular flexibility index (Phi) is 3.38. The fourth-order valence-corrected chi connectivity index (χ4v) is 2.92. The van der Waals surface area contributed by atoms with Gasteiger partial charge in [0.25, 0.3) is 0 Å². The number of nitrogens with zero attached hydrogens (tertiary/aromatic N) is 1. The van der Waals surface area contributed by atoms with Crippen LogP contribution in [-0.2, 0) is 9.59 Å². The third-order valence-electron chi connectivity index (χ3n) is 4.16. The molecule has 1 aliphatic heterocycles. The molecule has 1 saturated heterocycles. The summed E-state index contributed by atoms with van der Waals surface area (Å²) in [6.07, 6.45) is 3.87. The van der Waals surface area contributed by atoms with Crippen LogP contribution in [-0.4, -0.2) is 42.4 Å². The summed E-state index contributed by atoms with van der Waals surface area (Å²) in [5, 5.41) is 2.77. The number of carbonyl (C=O) groups is 2. The van der Waals surface area contributed by atoms with Gasteiger partial charge in [-0.05, 0) is 19.8 Å². The minimum Gasteiger partial charge on any atom is -0.353 e. The maximum atomic E-state index is 12.6. The zero-order valence-corrected chi connectivity index (χ0v) is 10.4. The first-order valence-corrected chi connectivity index (χ1v) is 6.39. The number of carbonyl (C=O) groups excluding carboxylic acids is 2. The predicted molar refractivity (Wildman–Crippen MR) is 64.1 cm³/mol. The van der Waals surface area contributed by atoms with Crippen LogP contribution in [0.3, 0.4) is 0 Å². The number of piperazine rings is 1. The molecule has 5 heteroatoms. The van der Waals surface area contributed by atoms with Crippen molar-refractivity contribution in [1.29, 1.82) is 0 Å².